The van der Waals surface area contributed by atoms with E-state index in [4.69, 9.17) is 4.74 Å². The number of ether oxygens (including phenoxy) is 1. The van der Waals surface area contributed by atoms with Crippen molar-refractivity contribution in [2.24, 2.45) is 17.8 Å². The molecule has 0 N–H and O–H groups in total. The summed E-state index contributed by atoms with van der Waals surface area (Å²) in [5, 5.41) is 0. The van der Waals surface area contributed by atoms with Gasteiger partial charge in [0, 0.05) is 0 Å². The molecule has 0 bridgehead atoms. The zero-order valence-electron chi connectivity index (χ0n) is 22.3. The summed E-state index contributed by atoms with van der Waals surface area (Å²) in [6.07, 6.45) is 22.9. The average molecular weight is 467 g/mol. The molecule has 2 nitrogen and oxygen atoms in total. The quantitative estimate of drug-likeness (QED) is 0.213. The highest BCUT2D eigenvalue weighted by atomic mass is 16.5. The van der Waals surface area contributed by atoms with E-state index >= 15 is 0 Å². The normalized spacial score (nSPS) is 23.9. The highest BCUT2D eigenvalue weighted by Gasteiger charge is 2.24. The van der Waals surface area contributed by atoms with Crippen molar-refractivity contribution in [3.63, 3.8) is 0 Å². The van der Waals surface area contributed by atoms with Crippen molar-refractivity contribution in [3.05, 3.63) is 41.5 Å². The second-order valence-electron chi connectivity index (χ2n) is 11.2. The molecule has 0 aromatic heterocycles. The summed E-state index contributed by atoms with van der Waals surface area (Å²) in [5.41, 5.74) is 3.43. The molecule has 3 rings (SSSR count). The van der Waals surface area contributed by atoms with Gasteiger partial charge < -0.3 is 4.74 Å². The molecule has 0 amide bonds. The van der Waals surface area contributed by atoms with Crippen LogP contribution in [-0.4, -0.2) is 12.1 Å². The largest absolute Gasteiger partial charge is 0.459 e. The molecule has 0 heterocycles. The van der Waals surface area contributed by atoms with Gasteiger partial charge in [0.1, 0.15) is 6.10 Å². The zero-order valence-corrected chi connectivity index (χ0v) is 22.3. The van der Waals surface area contributed by atoms with Crippen LogP contribution in [-0.2, 0) is 4.74 Å². The molecule has 2 unspecified atom stereocenters. The predicted molar refractivity (Wildman–Crippen MR) is 145 cm³/mol. The Hall–Kier alpha value is -1.57. The summed E-state index contributed by atoms with van der Waals surface area (Å²) in [6, 6.07) is 8.19. The molecule has 1 saturated carbocycles. The average Bonchev–Trinajstić information content (AvgIpc) is 2.88. The number of carbonyl (C=O) groups is 1. The summed E-state index contributed by atoms with van der Waals surface area (Å²) in [5.74, 6) is 2.37. The molecule has 0 radical (unpaired) electrons. The number of esters is 1. The van der Waals surface area contributed by atoms with Crippen LogP contribution in [0.25, 0.3) is 5.57 Å². The first-order valence-corrected chi connectivity index (χ1v) is 14.6. The summed E-state index contributed by atoms with van der Waals surface area (Å²) < 4.78 is 5.88. The first-order valence-electron chi connectivity index (χ1n) is 14.6. The highest BCUT2D eigenvalue weighted by Crippen LogP contribution is 2.36. The maximum absolute atomic E-state index is 12.7. The Bertz CT molecular complexity index is 739. The van der Waals surface area contributed by atoms with Crippen molar-refractivity contribution < 1.29 is 9.53 Å². The van der Waals surface area contributed by atoms with E-state index in [0.717, 1.165) is 37.0 Å². The maximum Gasteiger partial charge on any atom is 0.338 e. The molecule has 2 aliphatic carbocycles. The molecule has 2 heteroatoms. The highest BCUT2D eigenvalue weighted by molar-refractivity contribution is 5.90. The van der Waals surface area contributed by atoms with E-state index in [1.165, 1.54) is 94.6 Å². The topological polar surface area (TPSA) is 26.3 Å². The smallest absolute Gasteiger partial charge is 0.338 e. The van der Waals surface area contributed by atoms with Gasteiger partial charge in [-0.1, -0.05) is 96.8 Å². The van der Waals surface area contributed by atoms with E-state index in [2.05, 4.69) is 39.0 Å². The van der Waals surface area contributed by atoms with Crippen LogP contribution in [0.3, 0.4) is 0 Å². The van der Waals surface area contributed by atoms with Crippen LogP contribution in [0.4, 0.5) is 0 Å². The van der Waals surface area contributed by atoms with Crippen LogP contribution in [0.2, 0.25) is 0 Å². The summed E-state index contributed by atoms with van der Waals surface area (Å²) in [4.78, 5) is 12.7. The maximum atomic E-state index is 12.7. The van der Waals surface area contributed by atoms with Crippen LogP contribution in [0, 0.1) is 17.8 Å². The van der Waals surface area contributed by atoms with E-state index in [1.807, 2.05) is 12.1 Å². The van der Waals surface area contributed by atoms with Gasteiger partial charge in [-0.25, -0.2) is 4.79 Å². The fraction of sp³-hybridized carbons (Fsp3) is 0.719. The van der Waals surface area contributed by atoms with Crippen molar-refractivity contribution in [2.45, 2.75) is 130 Å². The van der Waals surface area contributed by atoms with E-state index < -0.39 is 0 Å². The van der Waals surface area contributed by atoms with Gasteiger partial charge in [-0.2, -0.15) is 0 Å². The number of carbonyl (C=O) groups excluding carboxylic acids is 1. The van der Waals surface area contributed by atoms with E-state index in [0.29, 0.717) is 5.56 Å². The fourth-order valence-electron chi connectivity index (χ4n) is 6.02. The van der Waals surface area contributed by atoms with Gasteiger partial charge >= 0.3 is 5.97 Å². The third-order valence-corrected chi connectivity index (χ3v) is 8.54. The second-order valence-corrected chi connectivity index (χ2v) is 11.2. The fourth-order valence-corrected chi connectivity index (χ4v) is 6.02. The zero-order chi connectivity index (χ0) is 24.2. The van der Waals surface area contributed by atoms with Crippen LogP contribution < -0.4 is 0 Å². The second kappa shape index (κ2) is 14.7. The Labute approximate surface area is 209 Å². The lowest BCUT2D eigenvalue weighted by Crippen LogP contribution is -2.24. The summed E-state index contributed by atoms with van der Waals surface area (Å²) >= 11 is 0. The molecule has 1 aromatic rings. The van der Waals surface area contributed by atoms with Crippen molar-refractivity contribution >= 4 is 11.5 Å². The minimum Gasteiger partial charge on any atom is -0.459 e. The van der Waals surface area contributed by atoms with E-state index in [-0.39, 0.29) is 12.1 Å². The number of hydrogen-bond donors (Lipinski definition) is 0. The van der Waals surface area contributed by atoms with Gasteiger partial charge in [-0.3, -0.25) is 0 Å². The number of rotatable bonds is 13. The number of allylic oxidation sites excluding steroid dienone is 2. The van der Waals surface area contributed by atoms with Crippen LogP contribution in [0.5, 0.6) is 0 Å². The van der Waals surface area contributed by atoms with Crippen LogP contribution >= 0.6 is 0 Å². The van der Waals surface area contributed by atoms with Crippen molar-refractivity contribution in [2.75, 3.05) is 0 Å². The van der Waals surface area contributed by atoms with E-state index in [9.17, 15) is 4.79 Å². The van der Waals surface area contributed by atoms with Gasteiger partial charge in [-0.05, 0) is 86.0 Å². The molecule has 0 spiro atoms. The SMILES string of the molecule is CCCCCCC1CCC(OC(=O)c2ccc(C3=CCC(C(C)CCCCC)CC3)cc2)CC1. The Balaban J connectivity index is 1.41. The molecule has 34 heavy (non-hydrogen) atoms. The standard InChI is InChI=1S/C32H50O2/c1-4-6-8-10-12-26-13-23-31(24-14-26)34-32(33)30-21-19-29(20-22-30)28-17-15-27(16-18-28)25(3)11-9-7-5-2/h17,19-22,25-27,31H,4-16,18,23-24H2,1-3H3. The molecular weight excluding hydrogens is 416 g/mol. The lowest BCUT2D eigenvalue weighted by atomic mass is 9.78. The van der Waals surface area contributed by atoms with Crippen LogP contribution in [0.15, 0.2) is 30.3 Å². The predicted octanol–water partition coefficient (Wildman–Crippen LogP) is 9.77. The van der Waals surface area contributed by atoms with Gasteiger partial charge in [0.25, 0.3) is 0 Å². The Kier molecular flexibility index (Phi) is 11.7. The minimum absolute atomic E-state index is 0.108. The van der Waals surface area contributed by atoms with Crippen LogP contribution in [0.1, 0.15) is 139 Å². The Morgan fingerprint density at radius 1 is 0.912 bits per heavy atom. The summed E-state index contributed by atoms with van der Waals surface area (Å²) in [7, 11) is 0. The molecule has 2 atom stereocenters. The molecule has 1 fully saturated rings. The third-order valence-electron chi connectivity index (χ3n) is 8.54. The molecule has 2 aliphatic rings. The molecule has 0 saturated heterocycles. The minimum atomic E-state index is -0.142. The number of benzene rings is 1. The lowest BCUT2D eigenvalue weighted by Gasteiger charge is -2.28. The first kappa shape index (κ1) is 27.0. The number of unbranched alkanes of at least 4 members (excludes halogenated alkanes) is 5. The van der Waals surface area contributed by atoms with E-state index in [1.54, 1.807) is 0 Å². The summed E-state index contributed by atoms with van der Waals surface area (Å²) in [6.45, 7) is 7.00. The van der Waals surface area contributed by atoms with Gasteiger partial charge in [0.15, 0.2) is 0 Å². The van der Waals surface area contributed by atoms with Gasteiger partial charge in [-0.15, -0.1) is 0 Å². The number of hydrogen-bond acceptors (Lipinski definition) is 2. The molecular formula is C32H50O2. The molecule has 190 valence electrons. The Morgan fingerprint density at radius 2 is 1.62 bits per heavy atom. The Morgan fingerprint density at radius 3 is 2.26 bits per heavy atom. The van der Waals surface area contributed by atoms with Gasteiger partial charge in [0.2, 0.25) is 0 Å². The first-order chi connectivity index (χ1) is 16.6. The lowest BCUT2D eigenvalue weighted by molar-refractivity contribution is 0.0161. The third kappa shape index (κ3) is 8.58. The monoisotopic (exact) mass is 466 g/mol. The molecule has 0 aliphatic heterocycles. The molecule has 1 aromatic carbocycles. The van der Waals surface area contributed by atoms with Crippen molar-refractivity contribution in [1.29, 1.82) is 0 Å². The van der Waals surface area contributed by atoms with Gasteiger partial charge in [0.05, 0.1) is 5.56 Å². The van der Waals surface area contributed by atoms with Crippen molar-refractivity contribution in [1.82, 2.24) is 0 Å². The van der Waals surface area contributed by atoms with Crippen molar-refractivity contribution in [3.8, 4) is 0 Å².